The molecule has 0 radical (unpaired) electrons. The van der Waals surface area contributed by atoms with E-state index in [0.29, 0.717) is 0 Å². The zero-order chi connectivity index (χ0) is 11.8. The van der Waals surface area contributed by atoms with Crippen molar-refractivity contribution in [3.05, 3.63) is 58.1 Å². The van der Waals surface area contributed by atoms with E-state index in [4.69, 9.17) is 11.6 Å². The molecular formula is C16H15Cl. The Morgan fingerprint density at radius 1 is 1.00 bits per heavy atom. The summed E-state index contributed by atoms with van der Waals surface area (Å²) in [6, 6.07) is 12.9. The van der Waals surface area contributed by atoms with Gasteiger partial charge in [0.2, 0.25) is 0 Å². The second-order valence-electron chi connectivity index (χ2n) is 4.77. The normalized spacial score (nSPS) is 13.8. The molecule has 3 rings (SSSR count). The van der Waals surface area contributed by atoms with E-state index >= 15 is 0 Å². The van der Waals surface area contributed by atoms with Crippen molar-refractivity contribution in [1.82, 2.24) is 0 Å². The summed E-state index contributed by atoms with van der Waals surface area (Å²) in [5, 5.41) is 0.850. The molecular weight excluding hydrogens is 228 g/mol. The smallest absolute Gasteiger partial charge is 0.0487 e. The number of hydrogen-bond donors (Lipinski definition) is 0. The van der Waals surface area contributed by atoms with Crippen LogP contribution in [0.15, 0.2) is 36.4 Å². The van der Waals surface area contributed by atoms with E-state index < -0.39 is 0 Å². The summed E-state index contributed by atoms with van der Waals surface area (Å²) in [7, 11) is 0. The Morgan fingerprint density at radius 2 is 1.82 bits per heavy atom. The summed E-state index contributed by atoms with van der Waals surface area (Å²) < 4.78 is 0. The van der Waals surface area contributed by atoms with Gasteiger partial charge in [-0.15, -0.1) is 0 Å². The Bertz CT molecular complexity index is 549. The first-order chi connectivity index (χ1) is 8.25. The minimum absolute atomic E-state index is 0.850. The summed E-state index contributed by atoms with van der Waals surface area (Å²) in [5.41, 5.74) is 6.70. The van der Waals surface area contributed by atoms with E-state index in [9.17, 15) is 0 Å². The maximum atomic E-state index is 6.31. The first-order valence-corrected chi connectivity index (χ1v) is 6.51. The first kappa shape index (κ1) is 10.9. The predicted octanol–water partition coefficient (Wildman–Crippen LogP) is 4.80. The molecule has 0 aromatic heterocycles. The second kappa shape index (κ2) is 4.19. The minimum atomic E-state index is 0.850. The minimum Gasteiger partial charge on any atom is -0.0837 e. The van der Waals surface area contributed by atoms with Gasteiger partial charge in [0.05, 0.1) is 0 Å². The molecule has 0 amide bonds. The number of halogens is 1. The van der Waals surface area contributed by atoms with Crippen LogP contribution in [0.3, 0.4) is 0 Å². The van der Waals surface area contributed by atoms with Crippen LogP contribution in [0.1, 0.15) is 23.1 Å². The van der Waals surface area contributed by atoms with Gasteiger partial charge in [-0.05, 0) is 54.5 Å². The highest BCUT2D eigenvalue weighted by atomic mass is 35.5. The van der Waals surface area contributed by atoms with Gasteiger partial charge in [-0.2, -0.15) is 0 Å². The van der Waals surface area contributed by atoms with Crippen molar-refractivity contribution in [2.24, 2.45) is 0 Å². The lowest BCUT2D eigenvalue weighted by molar-refractivity contribution is 0.912. The van der Waals surface area contributed by atoms with Crippen molar-refractivity contribution < 1.29 is 0 Å². The van der Waals surface area contributed by atoms with Crippen molar-refractivity contribution in [3.8, 4) is 11.1 Å². The van der Waals surface area contributed by atoms with Gasteiger partial charge in [-0.1, -0.05) is 41.9 Å². The molecule has 0 fully saturated rings. The van der Waals surface area contributed by atoms with Crippen LogP contribution >= 0.6 is 11.6 Å². The quantitative estimate of drug-likeness (QED) is 0.674. The molecule has 0 spiro atoms. The number of fused-ring (bicyclic) bond motifs is 1. The molecule has 1 heteroatoms. The van der Waals surface area contributed by atoms with Crippen LogP contribution in [-0.4, -0.2) is 0 Å². The van der Waals surface area contributed by atoms with Gasteiger partial charge in [0.15, 0.2) is 0 Å². The Kier molecular flexibility index (Phi) is 2.68. The monoisotopic (exact) mass is 242 g/mol. The van der Waals surface area contributed by atoms with Gasteiger partial charge in [-0.3, -0.25) is 0 Å². The summed E-state index contributed by atoms with van der Waals surface area (Å²) >= 11 is 6.31. The average Bonchev–Trinajstić information content (AvgIpc) is 2.76. The number of hydrogen-bond acceptors (Lipinski definition) is 0. The van der Waals surface area contributed by atoms with Crippen LogP contribution < -0.4 is 0 Å². The van der Waals surface area contributed by atoms with Crippen LogP contribution in [0.5, 0.6) is 0 Å². The van der Waals surface area contributed by atoms with Crippen molar-refractivity contribution in [2.45, 2.75) is 26.2 Å². The van der Waals surface area contributed by atoms with Crippen LogP contribution in [0, 0.1) is 6.92 Å². The second-order valence-corrected chi connectivity index (χ2v) is 5.18. The van der Waals surface area contributed by atoms with Crippen molar-refractivity contribution in [1.29, 1.82) is 0 Å². The summed E-state index contributed by atoms with van der Waals surface area (Å²) in [6.07, 6.45) is 3.74. The third kappa shape index (κ3) is 1.87. The van der Waals surface area contributed by atoms with E-state index in [1.165, 1.54) is 47.1 Å². The third-order valence-electron chi connectivity index (χ3n) is 3.61. The van der Waals surface area contributed by atoms with Gasteiger partial charge in [0.1, 0.15) is 0 Å². The largest absolute Gasteiger partial charge is 0.0837 e. The molecule has 0 N–H and O–H groups in total. The highest BCUT2D eigenvalue weighted by molar-refractivity contribution is 6.33. The van der Waals surface area contributed by atoms with Gasteiger partial charge >= 0.3 is 0 Å². The fourth-order valence-corrected chi connectivity index (χ4v) is 3.06. The van der Waals surface area contributed by atoms with E-state index in [0.717, 1.165) is 5.02 Å². The maximum absolute atomic E-state index is 6.31. The van der Waals surface area contributed by atoms with E-state index in [-0.39, 0.29) is 0 Å². The van der Waals surface area contributed by atoms with Crippen LogP contribution in [-0.2, 0) is 12.8 Å². The Balaban J connectivity index is 2.16. The molecule has 0 saturated heterocycles. The van der Waals surface area contributed by atoms with Gasteiger partial charge in [-0.25, -0.2) is 0 Å². The third-order valence-corrected chi connectivity index (χ3v) is 3.92. The Morgan fingerprint density at radius 3 is 2.65 bits per heavy atom. The standard InChI is InChI=1S/C16H15Cl/c1-11-4-2-7-15(17)16(11)14-9-8-12-5-3-6-13(12)10-14/h2,4,7-10H,3,5-6H2,1H3. The van der Waals surface area contributed by atoms with E-state index in [2.05, 4.69) is 31.2 Å². The molecule has 1 aliphatic carbocycles. The number of benzene rings is 2. The summed E-state index contributed by atoms with van der Waals surface area (Å²) in [6.45, 7) is 2.12. The van der Waals surface area contributed by atoms with Crippen LogP contribution in [0.2, 0.25) is 5.02 Å². The van der Waals surface area contributed by atoms with Gasteiger partial charge < -0.3 is 0 Å². The molecule has 0 unspecified atom stereocenters. The predicted molar refractivity (Wildman–Crippen MR) is 73.7 cm³/mol. The lowest BCUT2D eigenvalue weighted by Crippen LogP contribution is -1.88. The lowest BCUT2D eigenvalue weighted by Gasteiger charge is -2.10. The molecule has 1 aliphatic rings. The SMILES string of the molecule is Cc1cccc(Cl)c1-c1ccc2c(c1)CCC2. The molecule has 0 aliphatic heterocycles. The zero-order valence-electron chi connectivity index (χ0n) is 9.96. The average molecular weight is 243 g/mol. The molecule has 0 bridgehead atoms. The Hall–Kier alpha value is -1.27. The molecule has 0 nitrogen and oxygen atoms in total. The topological polar surface area (TPSA) is 0 Å². The summed E-state index contributed by atoms with van der Waals surface area (Å²) in [4.78, 5) is 0. The fraction of sp³-hybridized carbons (Fsp3) is 0.250. The van der Waals surface area contributed by atoms with E-state index in [1.54, 1.807) is 0 Å². The van der Waals surface area contributed by atoms with Crippen LogP contribution in [0.4, 0.5) is 0 Å². The molecule has 0 heterocycles. The van der Waals surface area contributed by atoms with Crippen molar-refractivity contribution in [2.75, 3.05) is 0 Å². The number of aryl methyl sites for hydroxylation is 3. The van der Waals surface area contributed by atoms with E-state index in [1.807, 2.05) is 12.1 Å². The maximum Gasteiger partial charge on any atom is 0.0487 e. The fourth-order valence-electron chi connectivity index (χ4n) is 2.72. The Labute approximate surface area is 107 Å². The van der Waals surface area contributed by atoms with Gasteiger partial charge in [0, 0.05) is 10.6 Å². The molecule has 0 saturated carbocycles. The van der Waals surface area contributed by atoms with Crippen LogP contribution in [0.25, 0.3) is 11.1 Å². The number of rotatable bonds is 1. The molecule has 2 aromatic carbocycles. The van der Waals surface area contributed by atoms with Crippen molar-refractivity contribution in [3.63, 3.8) is 0 Å². The molecule has 86 valence electrons. The molecule has 2 aromatic rings. The molecule has 17 heavy (non-hydrogen) atoms. The lowest BCUT2D eigenvalue weighted by atomic mass is 9.97. The molecule has 0 atom stereocenters. The summed E-state index contributed by atoms with van der Waals surface area (Å²) in [5.74, 6) is 0. The highest BCUT2D eigenvalue weighted by Gasteiger charge is 2.13. The first-order valence-electron chi connectivity index (χ1n) is 6.13. The van der Waals surface area contributed by atoms with Crippen molar-refractivity contribution >= 4 is 11.6 Å². The highest BCUT2D eigenvalue weighted by Crippen LogP contribution is 2.34. The van der Waals surface area contributed by atoms with Gasteiger partial charge in [0.25, 0.3) is 0 Å². The zero-order valence-corrected chi connectivity index (χ0v) is 10.7.